The van der Waals surface area contributed by atoms with Crippen LogP contribution in [0.15, 0.2) is 12.2 Å². The second-order valence-corrected chi connectivity index (χ2v) is 9.94. The van der Waals surface area contributed by atoms with Crippen molar-refractivity contribution in [2.75, 3.05) is 0 Å². The zero-order valence-corrected chi connectivity index (χ0v) is 18.0. The summed E-state index contributed by atoms with van der Waals surface area (Å²) in [6.45, 7) is 13.2. The summed E-state index contributed by atoms with van der Waals surface area (Å²) in [6, 6.07) is -0.184. The van der Waals surface area contributed by atoms with Crippen molar-refractivity contribution in [3.05, 3.63) is 12.2 Å². The van der Waals surface area contributed by atoms with Crippen molar-refractivity contribution < 1.29 is 23.8 Å². The van der Waals surface area contributed by atoms with Crippen LogP contribution in [0.4, 0.5) is 4.79 Å². The molecule has 0 aromatic heterocycles. The van der Waals surface area contributed by atoms with E-state index in [0.717, 1.165) is 6.42 Å². The molecular weight excluding hydrogens is 358 g/mol. The molecular formula is C22H35NO5. The number of nitrogens with zero attached hydrogens (tertiary/aromatic N) is 1. The summed E-state index contributed by atoms with van der Waals surface area (Å²) in [4.78, 5) is 26.8. The van der Waals surface area contributed by atoms with Crippen LogP contribution in [0.25, 0.3) is 0 Å². The topological polar surface area (TPSA) is 65.1 Å². The molecule has 0 bridgehead atoms. The quantitative estimate of drug-likeness (QED) is 0.519. The van der Waals surface area contributed by atoms with Gasteiger partial charge in [0.1, 0.15) is 23.5 Å². The smallest absolute Gasteiger partial charge is 0.412 e. The molecule has 0 radical (unpaired) electrons. The zero-order chi connectivity index (χ0) is 20.7. The lowest BCUT2D eigenvalue weighted by molar-refractivity contribution is -0.149. The van der Waals surface area contributed by atoms with E-state index in [1.54, 1.807) is 4.90 Å². The molecule has 1 saturated carbocycles. The molecule has 1 aliphatic carbocycles. The molecule has 2 aliphatic heterocycles. The number of ether oxygens (including phenoxy) is 3. The summed E-state index contributed by atoms with van der Waals surface area (Å²) in [5.41, 5.74) is -0.948. The van der Waals surface area contributed by atoms with E-state index in [-0.39, 0.29) is 24.2 Å². The Morgan fingerprint density at radius 2 is 1.89 bits per heavy atom. The Bertz CT molecular complexity index is 613. The zero-order valence-electron chi connectivity index (χ0n) is 18.0. The molecule has 2 unspecified atom stereocenters. The number of amides is 1. The van der Waals surface area contributed by atoms with Gasteiger partial charge < -0.3 is 14.2 Å². The Morgan fingerprint density at radius 3 is 2.43 bits per heavy atom. The number of cyclic esters (lactones) is 1. The van der Waals surface area contributed by atoms with Gasteiger partial charge in [0.25, 0.3) is 0 Å². The Morgan fingerprint density at radius 1 is 1.25 bits per heavy atom. The molecule has 0 N–H and O–H groups in total. The summed E-state index contributed by atoms with van der Waals surface area (Å²) in [5.74, 6) is 0.183. The Hall–Kier alpha value is -1.56. The van der Waals surface area contributed by atoms with E-state index < -0.39 is 17.4 Å². The Balaban J connectivity index is 1.87. The molecule has 3 fully saturated rings. The van der Waals surface area contributed by atoms with Gasteiger partial charge in [0, 0.05) is 12.0 Å². The van der Waals surface area contributed by atoms with Gasteiger partial charge in [-0.25, -0.2) is 9.59 Å². The molecule has 0 aromatic rings. The van der Waals surface area contributed by atoms with Crippen LogP contribution in [0.3, 0.4) is 0 Å². The van der Waals surface area contributed by atoms with Crippen molar-refractivity contribution >= 4 is 12.1 Å². The van der Waals surface area contributed by atoms with Crippen molar-refractivity contribution in [1.82, 2.24) is 4.90 Å². The highest BCUT2D eigenvalue weighted by Gasteiger charge is 2.55. The fourth-order valence-corrected chi connectivity index (χ4v) is 4.78. The second-order valence-electron chi connectivity index (χ2n) is 9.94. The number of rotatable bonds is 3. The first kappa shape index (κ1) is 21.2. The highest BCUT2D eigenvalue weighted by molar-refractivity contribution is 5.90. The highest BCUT2D eigenvalue weighted by Crippen LogP contribution is 2.42. The van der Waals surface area contributed by atoms with Crippen molar-refractivity contribution in [3.8, 4) is 0 Å². The number of carbonyl (C=O) groups excluding carboxylic acids is 2. The van der Waals surface area contributed by atoms with Crippen molar-refractivity contribution in [1.29, 1.82) is 0 Å². The van der Waals surface area contributed by atoms with Crippen LogP contribution in [0, 0.1) is 5.92 Å². The van der Waals surface area contributed by atoms with Crippen LogP contribution in [-0.4, -0.2) is 46.5 Å². The second kappa shape index (κ2) is 7.69. The maximum Gasteiger partial charge on any atom is 0.412 e. The van der Waals surface area contributed by atoms with Crippen LogP contribution < -0.4 is 0 Å². The molecule has 2 heterocycles. The van der Waals surface area contributed by atoms with Gasteiger partial charge >= 0.3 is 12.1 Å². The molecule has 158 valence electrons. The average Bonchev–Trinajstić information content (AvgIpc) is 3.03. The predicted molar refractivity (Wildman–Crippen MR) is 106 cm³/mol. The maximum atomic E-state index is 13.1. The van der Waals surface area contributed by atoms with Gasteiger partial charge in [0.05, 0.1) is 6.04 Å². The third-order valence-corrected chi connectivity index (χ3v) is 5.97. The molecule has 0 aromatic carbocycles. The lowest BCUT2D eigenvalue weighted by atomic mass is 9.82. The van der Waals surface area contributed by atoms with Crippen LogP contribution in [0.2, 0.25) is 0 Å². The minimum Gasteiger partial charge on any atom is -0.456 e. The van der Waals surface area contributed by atoms with Gasteiger partial charge in [0.15, 0.2) is 0 Å². The lowest BCUT2D eigenvalue weighted by Crippen LogP contribution is -2.51. The van der Waals surface area contributed by atoms with E-state index in [9.17, 15) is 9.59 Å². The van der Waals surface area contributed by atoms with E-state index in [2.05, 4.69) is 6.58 Å². The molecule has 6 nitrogen and oxygen atoms in total. The average molecular weight is 394 g/mol. The molecule has 6 heteroatoms. The fourth-order valence-electron chi connectivity index (χ4n) is 4.78. The minimum absolute atomic E-state index is 0.184. The minimum atomic E-state index is -0.831. The Labute approximate surface area is 168 Å². The van der Waals surface area contributed by atoms with Crippen molar-refractivity contribution in [2.24, 2.45) is 5.92 Å². The summed E-state index contributed by atoms with van der Waals surface area (Å²) >= 11 is 0. The van der Waals surface area contributed by atoms with E-state index in [0.29, 0.717) is 17.9 Å². The van der Waals surface area contributed by atoms with Gasteiger partial charge in [-0.15, -0.1) is 0 Å². The van der Waals surface area contributed by atoms with E-state index in [1.165, 1.54) is 32.1 Å². The first-order chi connectivity index (χ1) is 13.0. The molecule has 3 rings (SSSR count). The number of hydrogen-bond acceptors (Lipinski definition) is 5. The van der Waals surface area contributed by atoms with Gasteiger partial charge in [-0.1, -0.05) is 38.7 Å². The normalized spacial score (nSPS) is 31.2. The molecule has 2 saturated heterocycles. The first-order valence-corrected chi connectivity index (χ1v) is 10.6. The van der Waals surface area contributed by atoms with Gasteiger partial charge in [-0.2, -0.15) is 0 Å². The molecule has 1 amide bonds. The van der Waals surface area contributed by atoms with Crippen molar-refractivity contribution in [3.63, 3.8) is 0 Å². The van der Waals surface area contributed by atoms with Crippen LogP contribution in [-0.2, 0) is 19.0 Å². The highest BCUT2D eigenvalue weighted by atomic mass is 16.6. The standard InChI is InChI=1S/C22H35NO5/c1-14-12-17(26-19(14)24)18-16(13-15-10-8-7-9-11-15)23(22(5,6)27-18)20(25)28-21(2,3)4/h15-18H,1,7-13H2,2-6H3/t16?,17-,18?/m1/s1. The summed E-state index contributed by atoms with van der Waals surface area (Å²) < 4.78 is 17.6. The fraction of sp³-hybridized carbons (Fsp3) is 0.818. The van der Waals surface area contributed by atoms with Crippen LogP contribution >= 0.6 is 0 Å². The SMILES string of the molecule is C=C1C[C@H](C2OC(C)(C)N(C(=O)OC(C)(C)C)C2CC2CCCCC2)OC1=O. The monoisotopic (exact) mass is 393 g/mol. The Kier molecular flexibility index (Phi) is 5.81. The van der Waals surface area contributed by atoms with E-state index in [4.69, 9.17) is 14.2 Å². The van der Waals surface area contributed by atoms with Crippen LogP contribution in [0.1, 0.15) is 79.6 Å². The maximum absolute atomic E-state index is 13.1. The van der Waals surface area contributed by atoms with Gasteiger partial charge in [-0.3, -0.25) is 4.90 Å². The van der Waals surface area contributed by atoms with Gasteiger partial charge in [0.2, 0.25) is 0 Å². The number of carbonyl (C=O) groups is 2. The van der Waals surface area contributed by atoms with Gasteiger partial charge in [-0.05, 0) is 47.0 Å². The summed E-state index contributed by atoms with van der Waals surface area (Å²) in [6.07, 6.45) is 6.23. The van der Waals surface area contributed by atoms with Crippen molar-refractivity contribution in [2.45, 2.75) is 109 Å². The van der Waals surface area contributed by atoms with E-state index in [1.807, 2.05) is 34.6 Å². The summed E-state index contributed by atoms with van der Waals surface area (Å²) in [5, 5.41) is 0. The lowest BCUT2D eigenvalue weighted by Gasteiger charge is -2.37. The third-order valence-electron chi connectivity index (χ3n) is 5.97. The number of esters is 1. The predicted octanol–water partition coefficient (Wildman–Crippen LogP) is 4.57. The van der Waals surface area contributed by atoms with E-state index >= 15 is 0 Å². The molecule has 28 heavy (non-hydrogen) atoms. The molecule has 3 aliphatic rings. The molecule has 0 spiro atoms. The van der Waals surface area contributed by atoms with Crippen LogP contribution in [0.5, 0.6) is 0 Å². The largest absolute Gasteiger partial charge is 0.456 e. The third kappa shape index (κ3) is 4.53. The summed E-state index contributed by atoms with van der Waals surface area (Å²) in [7, 11) is 0. The number of hydrogen-bond donors (Lipinski definition) is 0. The molecule has 3 atom stereocenters. The first-order valence-electron chi connectivity index (χ1n) is 10.6.